The van der Waals surface area contributed by atoms with Crippen molar-refractivity contribution < 1.29 is 0 Å². The number of aryl methyl sites for hydroxylation is 1. The Morgan fingerprint density at radius 2 is 1.72 bits per heavy atom. The Kier molecular flexibility index (Phi) is 2.69. The zero-order valence-corrected chi connectivity index (χ0v) is 10.2. The molecular formula is C16H14N2. The third-order valence-corrected chi connectivity index (χ3v) is 2.96. The highest BCUT2D eigenvalue weighted by molar-refractivity contribution is 5.59. The lowest BCUT2D eigenvalue weighted by molar-refractivity contribution is 1.07. The van der Waals surface area contributed by atoms with Crippen LogP contribution in [0.4, 0.5) is 0 Å². The van der Waals surface area contributed by atoms with Crippen LogP contribution in [0.5, 0.6) is 0 Å². The number of aromatic nitrogens is 2. The first-order valence-electron chi connectivity index (χ1n) is 6.00. The van der Waals surface area contributed by atoms with Crippen LogP contribution in [-0.2, 0) is 0 Å². The fraction of sp³-hybridized carbons (Fsp3) is 0.0625. The summed E-state index contributed by atoms with van der Waals surface area (Å²) in [7, 11) is 0. The largest absolute Gasteiger partial charge is 0.315 e. The van der Waals surface area contributed by atoms with E-state index in [4.69, 9.17) is 0 Å². The van der Waals surface area contributed by atoms with Crippen LogP contribution in [0.2, 0.25) is 0 Å². The van der Waals surface area contributed by atoms with E-state index >= 15 is 0 Å². The normalized spacial score (nSPS) is 10.5. The molecule has 0 saturated heterocycles. The fourth-order valence-corrected chi connectivity index (χ4v) is 2.02. The lowest BCUT2D eigenvalue weighted by Crippen LogP contribution is -1.96. The van der Waals surface area contributed by atoms with Gasteiger partial charge < -0.3 is 4.57 Å². The molecule has 2 heteroatoms. The quantitative estimate of drug-likeness (QED) is 0.658. The predicted molar refractivity (Wildman–Crippen MR) is 73.7 cm³/mol. The summed E-state index contributed by atoms with van der Waals surface area (Å²) in [6.07, 6.45) is 3.96. The minimum absolute atomic E-state index is 0.995. The van der Waals surface area contributed by atoms with Gasteiger partial charge in [-0.2, -0.15) is 0 Å². The molecule has 3 aromatic rings. The van der Waals surface area contributed by atoms with E-state index in [1.54, 1.807) is 0 Å². The smallest absolute Gasteiger partial charge is 0.0870 e. The van der Waals surface area contributed by atoms with E-state index in [9.17, 15) is 0 Å². The third-order valence-electron chi connectivity index (χ3n) is 2.96. The molecule has 18 heavy (non-hydrogen) atoms. The fourth-order valence-electron chi connectivity index (χ4n) is 2.02. The first-order valence-corrected chi connectivity index (χ1v) is 6.00. The minimum atomic E-state index is 0.995. The van der Waals surface area contributed by atoms with Crippen LogP contribution in [0.3, 0.4) is 0 Å². The molecule has 88 valence electrons. The summed E-state index contributed by atoms with van der Waals surface area (Å²) >= 11 is 0. The highest BCUT2D eigenvalue weighted by Crippen LogP contribution is 2.21. The van der Waals surface area contributed by atoms with E-state index in [1.165, 1.54) is 5.56 Å². The second-order valence-electron chi connectivity index (χ2n) is 4.32. The lowest BCUT2D eigenvalue weighted by Gasteiger charge is -2.08. The van der Waals surface area contributed by atoms with Crippen LogP contribution < -0.4 is 0 Å². The van der Waals surface area contributed by atoms with Crippen LogP contribution in [0.1, 0.15) is 5.56 Å². The Morgan fingerprint density at radius 1 is 0.889 bits per heavy atom. The Bertz CT molecular complexity index is 636. The molecule has 3 rings (SSSR count). The van der Waals surface area contributed by atoms with Gasteiger partial charge in [-0.1, -0.05) is 24.3 Å². The van der Waals surface area contributed by atoms with Crippen molar-refractivity contribution in [3.8, 4) is 17.1 Å². The Labute approximate surface area is 107 Å². The molecule has 0 aliphatic heterocycles. The SMILES string of the molecule is Cc1ccc(-c2cccn2-c2ccccc2)nc1. The maximum atomic E-state index is 4.49. The van der Waals surface area contributed by atoms with Crippen molar-refractivity contribution in [3.05, 3.63) is 72.6 Å². The summed E-state index contributed by atoms with van der Waals surface area (Å²) < 4.78 is 2.15. The minimum Gasteiger partial charge on any atom is -0.315 e. The Morgan fingerprint density at radius 3 is 2.44 bits per heavy atom. The number of rotatable bonds is 2. The molecule has 0 aliphatic carbocycles. The first kappa shape index (κ1) is 10.8. The molecule has 0 unspecified atom stereocenters. The van der Waals surface area contributed by atoms with Crippen molar-refractivity contribution in [2.24, 2.45) is 0 Å². The standard InChI is InChI=1S/C16H14N2/c1-13-9-10-15(17-12-13)16-8-5-11-18(16)14-6-3-2-4-7-14/h2-12H,1H3. The van der Waals surface area contributed by atoms with Crippen LogP contribution in [0.15, 0.2) is 67.0 Å². The number of hydrogen-bond acceptors (Lipinski definition) is 1. The van der Waals surface area contributed by atoms with Crippen molar-refractivity contribution >= 4 is 0 Å². The van der Waals surface area contributed by atoms with Crippen LogP contribution >= 0.6 is 0 Å². The van der Waals surface area contributed by atoms with Crippen LogP contribution in [0.25, 0.3) is 17.1 Å². The van der Waals surface area contributed by atoms with Gasteiger partial charge in [0, 0.05) is 18.1 Å². The second-order valence-corrected chi connectivity index (χ2v) is 4.32. The molecule has 0 N–H and O–H groups in total. The van der Waals surface area contributed by atoms with Gasteiger partial charge in [-0.15, -0.1) is 0 Å². The van der Waals surface area contributed by atoms with E-state index in [-0.39, 0.29) is 0 Å². The van der Waals surface area contributed by atoms with Gasteiger partial charge in [0.25, 0.3) is 0 Å². The molecule has 0 atom stereocenters. The Hall–Kier alpha value is -2.35. The molecule has 0 bridgehead atoms. The lowest BCUT2D eigenvalue weighted by atomic mass is 10.2. The molecule has 2 aromatic heterocycles. The average Bonchev–Trinajstić information content (AvgIpc) is 2.90. The van der Waals surface area contributed by atoms with Gasteiger partial charge in [0.15, 0.2) is 0 Å². The molecule has 0 fully saturated rings. The van der Waals surface area contributed by atoms with Crippen molar-refractivity contribution in [1.29, 1.82) is 0 Å². The monoisotopic (exact) mass is 234 g/mol. The van der Waals surface area contributed by atoms with E-state index in [0.717, 1.165) is 17.1 Å². The molecule has 0 aliphatic rings. The summed E-state index contributed by atoms with van der Waals surface area (Å²) in [5, 5.41) is 0. The first-order chi connectivity index (χ1) is 8.84. The van der Waals surface area contributed by atoms with Gasteiger partial charge in [0.2, 0.25) is 0 Å². The molecule has 1 aromatic carbocycles. The number of para-hydroxylation sites is 1. The van der Waals surface area contributed by atoms with Crippen molar-refractivity contribution in [2.45, 2.75) is 6.92 Å². The van der Waals surface area contributed by atoms with E-state index in [0.29, 0.717) is 0 Å². The van der Waals surface area contributed by atoms with Gasteiger partial charge in [-0.3, -0.25) is 4.98 Å². The van der Waals surface area contributed by atoms with Crippen molar-refractivity contribution in [3.63, 3.8) is 0 Å². The summed E-state index contributed by atoms with van der Waals surface area (Å²) in [6, 6.07) is 18.6. The molecular weight excluding hydrogens is 220 g/mol. The van der Waals surface area contributed by atoms with Crippen molar-refractivity contribution in [2.75, 3.05) is 0 Å². The molecule has 2 heterocycles. The van der Waals surface area contributed by atoms with Gasteiger partial charge in [0.05, 0.1) is 11.4 Å². The summed E-state index contributed by atoms with van der Waals surface area (Å²) in [4.78, 5) is 4.49. The molecule has 2 nitrogen and oxygen atoms in total. The van der Waals surface area contributed by atoms with Gasteiger partial charge in [0.1, 0.15) is 0 Å². The van der Waals surface area contributed by atoms with Crippen molar-refractivity contribution in [1.82, 2.24) is 9.55 Å². The van der Waals surface area contributed by atoms with Gasteiger partial charge in [-0.25, -0.2) is 0 Å². The van der Waals surface area contributed by atoms with Crippen LogP contribution in [-0.4, -0.2) is 9.55 Å². The molecule has 0 radical (unpaired) electrons. The van der Waals surface area contributed by atoms with E-state index < -0.39 is 0 Å². The summed E-state index contributed by atoms with van der Waals surface area (Å²) in [6.45, 7) is 2.05. The Balaban J connectivity index is 2.10. The maximum absolute atomic E-state index is 4.49. The topological polar surface area (TPSA) is 17.8 Å². The zero-order valence-electron chi connectivity index (χ0n) is 10.2. The van der Waals surface area contributed by atoms with Crippen LogP contribution in [0, 0.1) is 6.92 Å². The number of benzene rings is 1. The van der Waals surface area contributed by atoms with E-state index in [2.05, 4.69) is 46.1 Å². The highest BCUT2D eigenvalue weighted by Gasteiger charge is 2.06. The van der Waals surface area contributed by atoms with Gasteiger partial charge in [-0.05, 0) is 42.8 Å². The maximum Gasteiger partial charge on any atom is 0.0870 e. The average molecular weight is 234 g/mol. The number of nitrogens with zero attached hydrogens (tertiary/aromatic N) is 2. The third kappa shape index (κ3) is 1.93. The summed E-state index contributed by atoms with van der Waals surface area (Å²) in [5.74, 6) is 0. The van der Waals surface area contributed by atoms with E-state index in [1.807, 2.05) is 37.4 Å². The summed E-state index contributed by atoms with van der Waals surface area (Å²) in [5.41, 5.74) is 4.44. The zero-order chi connectivity index (χ0) is 12.4. The molecule has 0 saturated carbocycles. The predicted octanol–water partition coefficient (Wildman–Crippen LogP) is 3.85. The molecule has 0 spiro atoms. The number of hydrogen-bond donors (Lipinski definition) is 0. The highest BCUT2D eigenvalue weighted by atomic mass is 15.0. The number of pyridine rings is 1. The molecule has 0 amide bonds. The second kappa shape index (κ2) is 4.49. The van der Waals surface area contributed by atoms with Gasteiger partial charge >= 0.3 is 0 Å².